The maximum atomic E-state index is 5.60. The van der Waals surface area contributed by atoms with Gasteiger partial charge in [0, 0.05) is 5.56 Å². The van der Waals surface area contributed by atoms with E-state index in [0.29, 0.717) is 0 Å². The first-order valence-corrected chi connectivity index (χ1v) is 10.1. The number of ether oxygens (including phenoxy) is 2. The number of methoxy groups -OCH3 is 2. The number of quaternary nitrogens is 2. The molecule has 0 aromatic heterocycles. The second-order valence-electron chi connectivity index (χ2n) is 7.69. The number of hydrogen-bond donors (Lipinski definition) is 2. The third-order valence-corrected chi connectivity index (χ3v) is 5.86. The predicted molar refractivity (Wildman–Crippen MR) is 112 cm³/mol. The van der Waals surface area contributed by atoms with E-state index in [0.717, 1.165) is 24.6 Å². The van der Waals surface area contributed by atoms with E-state index in [4.69, 9.17) is 9.47 Å². The molecule has 0 radical (unpaired) electrons. The molecule has 146 valence electrons. The summed E-state index contributed by atoms with van der Waals surface area (Å²) in [7, 11) is 3.42. The largest absolute Gasteiger partial charge is 0.493 e. The van der Waals surface area contributed by atoms with Crippen LogP contribution < -0.4 is 19.3 Å². The minimum absolute atomic E-state index is 0.819. The molecule has 1 saturated heterocycles. The number of fused-ring (bicyclic) bond motifs is 1. The molecule has 0 saturated carbocycles. The third kappa shape index (κ3) is 4.13. The van der Waals surface area contributed by atoms with Gasteiger partial charge in [0.15, 0.2) is 11.5 Å². The Hall–Kier alpha value is -2.56. The normalized spacial score (nSPS) is 19.5. The second kappa shape index (κ2) is 8.63. The van der Waals surface area contributed by atoms with E-state index in [-0.39, 0.29) is 0 Å². The van der Waals surface area contributed by atoms with Gasteiger partial charge in [0.1, 0.15) is 39.3 Å². The molecule has 2 N–H and O–H groups in total. The summed E-state index contributed by atoms with van der Waals surface area (Å²) in [6.45, 7) is 6.87. The number of hydrogen-bond acceptors (Lipinski definition) is 2. The first-order chi connectivity index (χ1) is 13.8. The molecule has 4 heteroatoms. The minimum atomic E-state index is 0.819. The monoisotopic (exact) mass is 378 g/mol. The van der Waals surface area contributed by atoms with E-state index >= 15 is 0 Å². The zero-order valence-corrected chi connectivity index (χ0v) is 16.8. The lowest BCUT2D eigenvalue weighted by Crippen LogP contribution is -3.27. The molecule has 28 heavy (non-hydrogen) atoms. The van der Waals surface area contributed by atoms with E-state index < -0.39 is 0 Å². The summed E-state index contributed by atoms with van der Waals surface area (Å²) in [6.07, 6.45) is 0. The molecule has 0 spiro atoms. The van der Waals surface area contributed by atoms with Gasteiger partial charge in [0.25, 0.3) is 0 Å². The molecular weight excluding hydrogens is 348 g/mol. The van der Waals surface area contributed by atoms with Gasteiger partial charge in [0.2, 0.25) is 0 Å². The predicted octanol–water partition coefficient (Wildman–Crippen LogP) is 1.34. The Morgan fingerprint density at radius 1 is 0.714 bits per heavy atom. The molecule has 0 aliphatic carbocycles. The van der Waals surface area contributed by atoms with Crippen molar-refractivity contribution in [2.24, 2.45) is 0 Å². The lowest BCUT2D eigenvalue weighted by Gasteiger charge is -2.30. The quantitative estimate of drug-likeness (QED) is 0.677. The fourth-order valence-electron chi connectivity index (χ4n) is 4.31. The number of rotatable bonds is 6. The Morgan fingerprint density at radius 3 is 2.14 bits per heavy atom. The van der Waals surface area contributed by atoms with Gasteiger partial charge >= 0.3 is 0 Å². The van der Waals surface area contributed by atoms with Crippen molar-refractivity contribution in [1.29, 1.82) is 0 Å². The fourth-order valence-corrected chi connectivity index (χ4v) is 4.31. The van der Waals surface area contributed by atoms with Crippen molar-refractivity contribution in [3.05, 3.63) is 71.8 Å². The van der Waals surface area contributed by atoms with Crippen molar-refractivity contribution >= 4 is 10.8 Å². The van der Waals surface area contributed by atoms with E-state index in [1.807, 2.05) is 6.07 Å². The third-order valence-electron chi connectivity index (χ3n) is 5.86. The maximum absolute atomic E-state index is 5.60. The van der Waals surface area contributed by atoms with Crippen LogP contribution in [-0.2, 0) is 13.1 Å². The fraction of sp³-hybridized carbons (Fsp3) is 0.333. The molecule has 0 amide bonds. The number of benzene rings is 3. The summed E-state index contributed by atoms with van der Waals surface area (Å²) in [5.74, 6) is 1.70. The first-order valence-electron chi connectivity index (χ1n) is 10.1. The molecule has 4 rings (SSSR count). The molecule has 0 bridgehead atoms. The summed E-state index contributed by atoms with van der Waals surface area (Å²) >= 11 is 0. The second-order valence-corrected chi connectivity index (χ2v) is 7.69. The molecular formula is C24H30N2O2+2. The Labute approximate surface area is 167 Å². The lowest BCUT2D eigenvalue weighted by atomic mass is 10.1. The first kappa shape index (κ1) is 18.8. The minimum Gasteiger partial charge on any atom is -0.493 e. The van der Waals surface area contributed by atoms with E-state index in [2.05, 4.69) is 54.6 Å². The van der Waals surface area contributed by atoms with Gasteiger partial charge in [-0.1, -0.05) is 42.5 Å². The maximum Gasteiger partial charge on any atom is 0.169 e. The van der Waals surface area contributed by atoms with Crippen LogP contribution in [0.25, 0.3) is 10.8 Å². The molecule has 1 aliphatic rings. The average molecular weight is 379 g/mol. The zero-order chi connectivity index (χ0) is 19.3. The SMILES string of the molecule is COc1cccc(C[NH+]2CC[NH+](Cc3ccc4ccccc4c3)CC2)c1OC. The Morgan fingerprint density at radius 2 is 1.43 bits per heavy atom. The van der Waals surface area contributed by atoms with Crippen molar-refractivity contribution in [2.45, 2.75) is 13.1 Å². The standard InChI is InChI=1S/C24H28N2O2/c1-27-23-9-5-8-22(24(23)28-2)18-26-14-12-25(13-15-26)17-19-10-11-20-6-3-4-7-21(20)16-19/h3-11,16H,12-15,17-18H2,1-2H3/p+2. The Kier molecular flexibility index (Phi) is 5.79. The highest BCUT2D eigenvalue weighted by Crippen LogP contribution is 2.30. The van der Waals surface area contributed by atoms with Gasteiger partial charge in [-0.2, -0.15) is 0 Å². The van der Waals surface area contributed by atoms with Gasteiger partial charge in [-0.15, -0.1) is 0 Å². The summed E-state index contributed by atoms with van der Waals surface area (Å²) in [6, 6.07) is 21.7. The van der Waals surface area contributed by atoms with Crippen LogP contribution in [0.4, 0.5) is 0 Å². The summed E-state index contributed by atoms with van der Waals surface area (Å²) < 4.78 is 11.0. The Balaban J connectivity index is 1.35. The van der Waals surface area contributed by atoms with Gasteiger partial charge in [-0.3, -0.25) is 0 Å². The van der Waals surface area contributed by atoms with E-state index in [1.165, 1.54) is 48.1 Å². The van der Waals surface area contributed by atoms with Crippen LogP contribution >= 0.6 is 0 Å². The van der Waals surface area contributed by atoms with E-state index in [1.54, 1.807) is 24.0 Å². The Bertz CT molecular complexity index is 933. The van der Waals surface area contributed by atoms with Crippen LogP contribution in [0.3, 0.4) is 0 Å². The molecule has 4 nitrogen and oxygen atoms in total. The molecule has 1 aliphatic heterocycles. The van der Waals surface area contributed by atoms with Crippen molar-refractivity contribution in [1.82, 2.24) is 0 Å². The van der Waals surface area contributed by atoms with Crippen molar-refractivity contribution in [2.75, 3.05) is 40.4 Å². The highest BCUT2D eigenvalue weighted by atomic mass is 16.5. The molecule has 3 aromatic carbocycles. The molecule has 0 atom stereocenters. The number of para-hydroxylation sites is 1. The van der Waals surface area contributed by atoms with Crippen LogP contribution in [-0.4, -0.2) is 40.4 Å². The number of nitrogens with one attached hydrogen (secondary N) is 2. The van der Waals surface area contributed by atoms with Gasteiger partial charge in [-0.25, -0.2) is 0 Å². The van der Waals surface area contributed by atoms with Crippen LogP contribution in [0.2, 0.25) is 0 Å². The molecule has 1 fully saturated rings. The van der Waals surface area contributed by atoms with Crippen molar-refractivity contribution in [3.63, 3.8) is 0 Å². The highest BCUT2D eigenvalue weighted by Gasteiger charge is 2.24. The van der Waals surface area contributed by atoms with Crippen LogP contribution in [0.5, 0.6) is 11.5 Å². The van der Waals surface area contributed by atoms with Gasteiger partial charge in [0.05, 0.1) is 19.8 Å². The highest BCUT2D eigenvalue weighted by molar-refractivity contribution is 5.82. The van der Waals surface area contributed by atoms with Crippen LogP contribution in [0.1, 0.15) is 11.1 Å². The molecule has 1 heterocycles. The van der Waals surface area contributed by atoms with E-state index in [9.17, 15) is 0 Å². The summed E-state index contributed by atoms with van der Waals surface area (Å²) in [5.41, 5.74) is 2.67. The van der Waals surface area contributed by atoms with Gasteiger partial charge in [-0.05, 0) is 29.0 Å². The topological polar surface area (TPSA) is 27.3 Å². The lowest BCUT2D eigenvalue weighted by molar-refractivity contribution is -1.02. The van der Waals surface area contributed by atoms with Crippen molar-refractivity contribution in [3.8, 4) is 11.5 Å². The van der Waals surface area contributed by atoms with Crippen LogP contribution in [0, 0.1) is 0 Å². The van der Waals surface area contributed by atoms with Gasteiger partial charge < -0.3 is 19.3 Å². The average Bonchev–Trinajstić information content (AvgIpc) is 2.75. The summed E-state index contributed by atoms with van der Waals surface area (Å²) in [4.78, 5) is 3.30. The van der Waals surface area contributed by atoms with Crippen molar-refractivity contribution < 1.29 is 19.3 Å². The molecule has 0 unspecified atom stereocenters. The molecule has 3 aromatic rings. The smallest absolute Gasteiger partial charge is 0.169 e. The number of piperazine rings is 1. The summed E-state index contributed by atoms with van der Waals surface area (Å²) in [5, 5.41) is 2.66. The van der Waals surface area contributed by atoms with Crippen LogP contribution in [0.15, 0.2) is 60.7 Å². The zero-order valence-electron chi connectivity index (χ0n) is 16.8.